The van der Waals surface area contributed by atoms with E-state index in [1.54, 1.807) is 0 Å². The van der Waals surface area contributed by atoms with Crippen LogP contribution in [-0.4, -0.2) is 10.6 Å². The van der Waals surface area contributed by atoms with Crippen LogP contribution in [0.4, 0.5) is 10.1 Å². The highest BCUT2D eigenvalue weighted by Gasteiger charge is 2.12. The van der Waals surface area contributed by atoms with E-state index in [9.17, 15) is 14.5 Å². The normalized spacial score (nSPS) is 10.9. The molecule has 0 fully saturated rings. The summed E-state index contributed by atoms with van der Waals surface area (Å²) in [7, 11) is 0. The van der Waals surface area contributed by atoms with Crippen molar-refractivity contribution < 1.29 is 9.31 Å². The average Bonchev–Trinajstić information content (AvgIpc) is 2.27. The molecule has 0 bridgehead atoms. The Bertz CT molecular complexity index is 445. The second-order valence-electron chi connectivity index (χ2n) is 4.34. The van der Waals surface area contributed by atoms with E-state index < -0.39 is 10.7 Å². The maximum absolute atomic E-state index is 13.1. The quantitative estimate of drug-likeness (QED) is 0.382. The smallest absolute Gasteiger partial charge is 0.258 e. The topological polar surface area (TPSA) is 55.5 Å². The molecule has 0 saturated heterocycles. The van der Waals surface area contributed by atoms with Gasteiger partial charge in [0.2, 0.25) is 0 Å². The molecule has 0 aliphatic rings. The second kappa shape index (κ2) is 7.81. The van der Waals surface area contributed by atoms with E-state index in [1.165, 1.54) is 6.92 Å². The van der Waals surface area contributed by atoms with Gasteiger partial charge in [-0.05, 0) is 31.7 Å². The third-order valence-corrected chi connectivity index (χ3v) is 2.00. The van der Waals surface area contributed by atoms with Gasteiger partial charge in [0.15, 0.2) is 0 Å². The van der Waals surface area contributed by atoms with E-state index in [4.69, 9.17) is 0 Å². The van der Waals surface area contributed by atoms with Crippen molar-refractivity contribution in [2.45, 2.75) is 27.7 Å². The Kier molecular flexibility index (Phi) is 7.19. The summed E-state index contributed by atoms with van der Waals surface area (Å²) in [6, 6.07) is 3.27. The molecule has 0 N–H and O–H groups in total. The predicted molar refractivity (Wildman–Crippen MR) is 74.8 cm³/mol. The average molecular weight is 272 g/mol. The minimum atomic E-state index is -0.589. The van der Waals surface area contributed by atoms with Crippen LogP contribution in [0.25, 0.3) is 0 Å². The molecular formula is C12H17FN2O2S. The number of hydrogen-bond donors (Lipinski definition) is 1. The summed E-state index contributed by atoms with van der Waals surface area (Å²) in [6.45, 7) is 8.02. The van der Waals surface area contributed by atoms with Crippen LogP contribution in [0.15, 0.2) is 22.6 Å². The monoisotopic (exact) mass is 272 g/mol. The lowest BCUT2D eigenvalue weighted by Crippen LogP contribution is -1.99. The summed E-state index contributed by atoms with van der Waals surface area (Å²) in [5, 5.41) is 10.4. The maximum Gasteiger partial charge on any atom is 0.270 e. The zero-order valence-electron chi connectivity index (χ0n) is 10.8. The molecule has 0 atom stereocenters. The lowest BCUT2D eigenvalue weighted by molar-refractivity contribution is -0.384. The minimum Gasteiger partial charge on any atom is -0.258 e. The van der Waals surface area contributed by atoms with Crippen LogP contribution in [0.1, 0.15) is 33.3 Å². The van der Waals surface area contributed by atoms with Crippen molar-refractivity contribution in [1.82, 2.24) is 0 Å². The lowest BCUT2D eigenvalue weighted by atomic mass is 10.1. The van der Waals surface area contributed by atoms with E-state index in [0.717, 1.165) is 24.1 Å². The summed E-state index contributed by atoms with van der Waals surface area (Å²) in [5.74, 6) is 0.283. The van der Waals surface area contributed by atoms with Gasteiger partial charge in [-0.25, -0.2) is 8.79 Å². The van der Waals surface area contributed by atoms with E-state index >= 15 is 0 Å². The van der Waals surface area contributed by atoms with Crippen molar-refractivity contribution in [3.63, 3.8) is 0 Å². The highest BCUT2D eigenvalue weighted by Crippen LogP contribution is 2.17. The fourth-order valence-electron chi connectivity index (χ4n) is 0.958. The van der Waals surface area contributed by atoms with Gasteiger partial charge in [-0.2, -0.15) is 0 Å². The number of hydrogen-bond acceptors (Lipinski definition) is 4. The molecule has 0 aliphatic heterocycles. The van der Waals surface area contributed by atoms with Crippen molar-refractivity contribution in [1.29, 1.82) is 0 Å². The van der Waals surface area contributed by atoms with E-state index in [-0.39, 0.29) is 11.3 Å². The molecule has 0 saturated carbocycles. The van der Waals surface area contributed by atoms with Crippen LogP contribution in [0.2, 0.25) is 0 Å². The first-order valence-corrected chi connectivity index (χ1v) is 5.82. The first-order chi connectivity index (χ1) is 8.29. The number of benzene rings is 1. The van der Waals surface area contributed by atoms with Crippen LogP contribution in [0.3, 0.4) is 0 Å². The van der Waals surface area contributed by atoms with Crippen molar-refractivity contribution >= 4 is 24.2 Å². The van der Waals surface area contributed by atoms with E-state index in [0.29, 0.717) is 5.71 Å². The Balaban J connectivity index is 0.000000631. The fraction of sp³-hybridized carbons (Fsp3) is 0.417. The molecule has 0 amide bonds. The number of rotatable bonds is 2. The largest absolute Gasteiger partial charge is 0.270 e. The predicted octanol–water partition coefficient (Wildman–Crippen LogP) is 4.05. The van der Waals surface area contributed by atoms with Crippen LogP contribution in [0, 0.1) is 21.8 Å². The highest BCUT2D eigenvalue weighted by atomic mass is 32.1. The molecular weight excluding hydrogens is 255 g/mol. The van der Waals surface area contributed by atoms with Gasteiger partial charge in [-0.15, -0.1) is 0 Å². The summed E-state index contributed by atoms with van der Waals surface area (Å²) >= 11 is 3.61. The van der Waals surface area contributed by atoms with Gasteiger partial charge in [0.05, 0.1) is 10.6 Å². The first-order valence-electron chi connectivity index (χ1n) is 5.42. The van der Waals surface area contributed by atoms with Crippen molar-refractivity contribution in [2.75, 3.05) is 0 Å². The van der Waals surface area contributed by atoms with Gasteiger partial charge < -0.3 is 0 Å². The molecule has 0 radical (unpaired) electrons. The first kappa shape index (κ1) is 16.6. The van der Waals surface area contributed by atoms with Gasteiger partial charge in [-0.1, -0.05) is 20.8 Å². The van der Waals surface area contributed by atoms with Gasteiger partial charge >= 0.3 is 0 Å². The van der Waals surface area contributed by atoms with Gasteiger partial charge in [0.25, 0.3) is 5.69 Å². The molecule has 0 unspecified atom stereocenters. The van der Waals surface area contributed by atoms with E-state index in [2.05, 4.69) is 38.0 Å². The van der Waals surface area contributed by atoms with Crippen LogP contribution >= 0.6 is 12.8 Å². The SMILES string of the molecule is C/C(=N\S)c1cc([N+](=O)[O-])ccc1F.CC(C)C. The van der Waals surface area contributed by atoms with Crippen LogP contribution < -0.4 is 0 Å². The Morgan fingerprint density at radius 1 is 1.44 bits per heavy atom. The third-order valence-electron chi connectivity index (χ3n) is 1.70. The molecule has 100 valence electrons. The summed E-state index contributed by atoms with van der Waals surface area (Å²) in [5.41, 5.74) is 0.224. The molecule has 4 nitrogen and oxygen atoms in total. The Hall–Kier alpha value is -1.43. The molecule has 1 aromatic rings. The highest BCUT2D eigenvalue weighted by molar-refractivity contribution is 7.79. The number of nitro groups is 1. The number of nitrogens with zero attached hydrogens (tertiary/aromatic N) is 2. The van der Waals surface area contributed by atoms with Gasteiger partial charge in [0.1, 0.15) is 5.82 Å². The number of thiol groups is 1. The molecule has 0 heterocycles. The molecule has 6 heteroatoms. The fourth-order valence-corrected chi connectivity index (χ4v) is 1.07. The number of halogens is 1. The molecule has 18 heavy (non-hydrogen) atoms. The van der Waals surface area contributed by atoms with Crippen LogP contribution in [-0.2, 0) is 0 Å². The lowest BCUT2D eigenvalue weighted by Gasteiger charge is -2.00. The zero-order valence-corrected chi connectivity index (χ0v) is 11.7. The number of non-ortho nitro benzene ring substituents is 1. The standard InChI is InChI=1S/C8H7FN2O2S.C4H10/c1-5(10-14)7-4-6(11(12)13)2-3-8(7)9;1-4(2)3/h2-4,14H,1H3;4H,1-3H3/b10-5+;. The molecule has 1 aromatic carbocycles. The molecule has 0 aromatic heterocycles. The maximum atomic E-state index is 13.1. The van der Waals surface area contributed by atoms with Crippen molar-refractivity contribution in [3.05, 3.63) is 39.7 Å². The molecule has 1 rings (SSSR count). The zero-order chi connectivity index (χ0) is 14.3. The Morgan fingerprint density at radius 3 is 2.33 bits per heavy atom. The van der Waals surface area contributed by atoms with E-state index in [1.807, 2.05) is 0 Å². The summed E-state index contributed by atoms with van der Waals surface area (Å²) in [6.07, 6.45) is 0. The van der Waals surface area contributed by atoms with Gasteiger partial charge in [0, 0.05) is 17.7 Å². The number of nitro benzene ring substituents is 1. The van der Waals surface area contributed by atoms with Crippen molar-refractivity contribution in [2.24, 2.45) is 10.3 Å². The summed E-state index contributed by atoms with van der Waals surface area (Å²) in [4.78, 5) is 9.81. The minimum absolute atomic E-state index is 0.0919. The molecule has 0 spiro atoms. The summed E-state index contributed by atoms with van der Waals surface area (Å²) < 4.78 is 16.6. The van der Waals surface area contributed by atoms with Crippen LogP contribution in [0.5, 0.6) is 0 Å². The molecule has 0 aliphatic carbocycles. The Morgan fingerprint density at radius 2 is 1.94 bits per heavy atom. The van der Waals surface area contributed by atoms with Gasteiger partial charge in [-0.3, -0.25) is 10.1 Å². The Labute approximate surface area is 112 Å². The third kappa shape index (κ3) is 5.77. The van der Waals surface area contributed by atoms with Crippen molar-refractivity contribution in [3.8, 4) is 0 Å². The second-order valence-corrected chi connectivity index (χ2v) is 4.54.